The first kappa shape index (κ1) is 22.6. The first-order valence-corrected chi connectivity index (χ1v) is 11.1. The highest BCUT2D eigenvalue weighted by Crippen LogP contribution is 2.21. The first-order valence-electron chi connectivity index (χ1n) is 10.7. The van der Waals surface area contributed by atoms with Crippen LogP contribution in [0.2, 0.25) is 0 Å². The summed E-state index contributed by atoms with van der Waals surface area (Å²) in [5, 5.41) is 5.33. The van der Waals surface area contributed by atoms with Crippen LogP contribution in [0.3, 0.4) is 0 Å². The molecule has 3 aromatic rings. The minimum atomic E-state index is 0.140. The normalized spacial score (nSPS) is 11.1. The second-order valence-corrected chi connectivity index (χ2v) is 7.70. The lowest BCUT2D eigenvalue weighted by atomic mass is 10.2. The fourth-order valence-electron chi connectivity index (χ4n) is 3.34. The van der Waals surface area contributed by atoms with Gasteiger partial charge in [0.15, 0.2) is 5.11 Å². The Morgan fingerprint density at radius 3 is 2.45 bits per heavy atom. The van der Waals surface area contributed by atoms with Crippen LogP contribution in [0.5, 0.6) is 11.5 Å². The number of thiocarbonyl (C=S) groups is 1. The molecule has 3 N–H and O–H groups in total. The smallest absolute Gasteiger partial charge is 0.184 e. The van der Waals surface area contributed by atoms with Crippen molar-refractivity contribution in [1.82, 2.24) is 9.99 Å². The maximum Gasteiger partial charge on any atom is 0.184 e. The van der Waals surface area contributed by atoms with Gasteiger partial charge in [0, 0.05) is 22.7 Å². The van der Waals surface area contributed by atoms with Gasteiger partial charge in [-0.3, -0.25) is 5.43 Å². The molecule has 164 valence electrons. The standard InChI is InChI=1S/C24H30N4O2S/c1-2-3-4-7-15-29-20-10-12-21(13-11-20)30-16-14-28-18-19(17-26-27-24(25)31)22-8-5-6-9-23(22)28/h5-6,8-13,17-18H,2-4,7,14-16H2,1H3,(H3,25,27,31). The van der Waals surface area contributed by atoms with Crippen molar-refractivity contribution in [3.63, 3.8) is 0 Å². The third-order valence-corrected chi connectivity index (χ3v) is 4.98. The number of benzene rings is 2. The third kappa shape index (κ3) is 7.00. The van der Waals surface area contributed by atoms with Gasteiger partial charge < -0.3 is 19.8 Å². The van der Waals surface area contributed by atoms with E-state index in [4.69, 9.17) is 27.4 Å². The maximum atomic E-state index is 5.94. The van der Waals surface area contributed by atoms with E-state index in [2.05, 4.69) is 34.2 Å². The van der Waals surface area contributed by atoms with Crippen LogP contribution in [0.1, 0.15) is 38.2 Å². The van der Waals surface area contributed by atoms with Gasteiger partial charge in [0.05, 0.1) is 19.4 Å². The highest BCUT2D eigenvalue weighted by Gasteiger charge is 2.07. The number of ether oxygens (including phenoxy) is 2. The molecule has 0 fully saturated rings. The monoisotopic (exact) mass is 438 g/mol. The van der Waals surface area contributed by atoms with Crippen molar-refractivity contribution in [2.24, 2.45) is 10.8 Å². The van der Waals surface area contributed by atoms with E-state index in [1.54, 1.807) is 6.21 Å². The molecule has 0 unspecified atom stereocenters. The summed E-state index contributed by atoms with van der Waals surface area (Å²) in [4.78, 5) is 0. The van der Waals surface area contributed by atoms with Crippen molar-refractivity contribution in [2.75, 3.05) is 13.2 Å². The Bertz CT molecular complexity index is 998. The highest BCUT2D eigenvalue weighted by atomic mass is 32.1. The summed E-state index contributed by atoms with van der Waals surface area (Å²) in [5.74, 6) is 1.71. The number of hydrazone groups is 1. The third-order valence-electron chi connectivity index (χ3n) is 4.89. The number of hydrogen-bond donors (Lipinski definition) is 2. The quantitative estimate of drug-likeness (QED) is 0.183. The fraction of sp³-hybridized carbons (Fsp3) is 0.333. The predicted molar refractivity (Wildman–Crippen MR) is 131 cm³/mol. The number of nitrogens with one attached hydrogen (secondary N) is 1. The Morgan fingerprint density at radius 2 is 1.74 bits per heavy atom. The van der Waals surface area contributed by atoms with Crippen molar-refractivity contribution in [3.05, 3.63) is 60.3 Å². The highest BCUT2D eigenvalue weighted by molar-refractivity contribution is 7.80. The zero-order valence-corrected chi connectivity index (χ0v) is 18.7. The van der Waals surface area contributed by atoms with E-state index in [0.29, 0.717) is 13.2 Å². The first-order chi connectivity index (χ1) is 15.2. The van der Waals surface area contributed by atoms with E-state index in [1.807, 2.05) is 42.6 Å². The van der Waals surface area contributed by atoms with E-state index in [9.17, 15) is 0 Å². The van der Waals surface area contributed by atoms with Crippen LogP contribution in [-0.4, -0.2) is 29.1 Å². The van der Waals surface area contributed by atoms with E-state index >= 15 is 0 Å². The lowest BCUT2D eigenvalue weighted by Crippen LogP contribution is -2.23. The van der Waals surface area contributed by atoms with Crippen LogP contribution in [-0.2, 0) is 6.54 Å². The molecular weight excluding hydrogens is 408 g/mol. The lowest BCUT2D eigenvalue weighted by Gasteiger charge is -2.10. The van der Waals surface area contributed by atoms with Crippen LogP contribution < -0.4 is 20.6 Å². The maximum absolute atomic E-state index is 5.94. The Morgan fingerprint density at radius 1 is 1.03 bits per heavy atom. The molecular formula is C24H30N4O2S. The molecule has 2 aromatic carbocycles. The van der Waals surface area contributed by atoms with Gasteiger partial charge >= 0.3 is 0 Å². The van der Waals surface area contributed by atoms with E-state index < -0.39 is 0 Å². The van der Waals surface area contributed by atoms with Crippen LogP contribution >= 0.6 is 12.2 Å². The number of rotatable bonds is 12. The van der Waals surface area contributed by atoms with Crippen LogP contribution in [0.4, 0.5) is 0 Å². The Labute approximate surface area is 189 Å². The molecule has 0 aliphatic carbocycles. The van der Waals surface area contributed by atoms with Crippen LogP contribution in [0, 0.1) is 0 Å². The Hall–Kier alpha value is -3.06. The molecule has 31 heavy (non-hydrogen) atoms. The van der Waals surface area contributed by atoms with Crippen molar-refractivity contribution in [3.8, 4) is 11.5 Å². The zero-order valence-electron chi connectivity index (χ0n) is 17.9. The van der Waals surface area contributed by atoms with Gasteiger partial charge in [0.2, 0.25) is 0 Å². The van der Waals surface area contributed by atoms with Crippen LogP contribution in [0.15, 0.2) is 59.8 Å². The minimum absolute atomic E-state index is 0.140. The SMILES string of the molecule is CCCCCCOc1ccc(OCCn2cc(C=NNC(N)=S)c3ccccc32)cc1. The number of unbranched alkanes of at least 4 members (excludes halogenated alkanes) is 3. The minimum Gasteiger partial charge on any atom is -0.494 e. The van der Waals surface area contributed by atoms with Crippen LogP contribution in [0.25, 0.3) is 10.9 Å². The van der Waals surface area contributed by atoms with E-state index in [0.717, 1.165) is 41.0 Å². The predicted octanol–water partition coefficient (Wildman–Crippen LogP) is 4.85. The molecule has 0 saturated carbocycles. The topological polar surface area (TPSA) is 73.8 Å². The fourth-order valence-corrected chi connectivity index (χ4v) is 3.39. The molecule has 3 rings (SSSR count). The molecule has 0 amide bonds. The van der Waals surface area contributed by atoms with Gasteiger partial charge in [-0.25, -0.2) is 0 Å². The number of fused-ring (bicyclic) bond motifs is 1. The Balaban J connectivity index is 1.53. The molecule has 6 nitrogen and oxygen atoms in total. The van der Waals surface area contributed by atoms with Gasteiger partial charge in [-0.2, -0.15) is 5.10 Å². The molecule has 1 aromatic heterocycles. The van der Waals surface area contributed by atoms with Crippen molar-refractivity contribution < 1.29 is 9.47 Å². The zero-order chi connectivity index (χ0) is 21.9. The summed E-state index contributed by atoms with van der Waals surface area (Å²) < 4.78 is 13.9. The van der Waals surface area contributed by atoms with Crippen molar-refractivity contribution in [1.29, 1.82) is 0 Å². The van der Waals surface area contributed by atoms with Gasteiger partial charge in [0.25, 0.3) is 0 Å². The summed E-state index contributed by atoms with van der Waals surface area (Å²) in [7, 11) is 0. The summed E-state index contributed by atoms with van der Waals surface area (Å²) in [6.07, 6.45) is 8.59. The molecule has 0 radical (unpaired) electrons. The lowest BCUT2D eigenvalue weighted by molar-refractivity contribution is 0.294. The van der Waals surface area contributed by atoms with E-state index in [-0.39, 0.29) is 5.11 Å². The largest absolute Gasteiger partial charge is 0.494 e. The summed E-state index contributed by atoms with van der Waals surface area (Å²) in [6, 6.07) is 16.0. The average molecular weight is 439 g/mol. The molecule has 0 spiro atoms. The van der Waals surface area contributed by atoms with Gasteiger partial charge in [-0.05, 0) is 49.0 Å². The Kier molecular flexibility index (Phi) is 8.72. The number of para-hydroxylation sites is 1. The number of aromatic nitrogens is 1. The van der Waals surface area contributed by atoms with Crippen molar-refractivity contribution in [2.45, 2.75) is 39.2 Å². The van der Waals surface area contributed by atoms with Gasteiger partial charge in [-0.1, -0.05) is 44.4 Å². The second-order valence-electron chi connectivity index (χ2n) is 7.26. The molecule has 0 aliphatic rings. The molecule has 1 heterocycles. The number of hydrogen-bond acceptors (Lipinski definition) is 4. The summed E-state index contributed by atoms with van der Waals surface area (Å²) >= 11 is 4.78. The van der Waals surface area contributed by atoms with Gasteiger partial charge in [-0.15, -0.1) is 0 Å². The molecule has 0 saturated heterocycles. The molecule has 0 bridgehead atoms. The average Bonchev–Trinajstić information content (AvgIpc) is 3.12. The van der Waals surface area contributed by atoms with Crippen molar-refractivity contribution >= 4 is 34.4 Å². The summed E-state index contributed by atoms with van der Waals surface area (Å²) in [6.45, 7) is 4.24. The molecule has 7 heteroatoms. The molecule has 0 aliphatic heterocycles. The molecule has 0 atom stereocenters. The van der Waals surface area contributed by atoms with Gasteiger partial charge in [0.1, 0.15) is 18.1 Å². The number of nitrogens with zero attached hydrogens (tertiary/aromatic N) is 2. The number of nitrogens with two attached hydrogens (primary N) is 1. The second kappa shape index (κ2) is 12.0. The van der Waals surface area contributed by atoms with E-state index in [1.165, 1.54) is 19.3 Å². The summed E-state index contributed by atoms with van der Waals surface area (Å²) in [5.41, 5.74) is 10.1.